The van der Waals surface area contributed by atoms with Gasteiger partial charge >= 0.3 is 6.18 Å². The van der Waals surface area contributed by atoms with Gasteiger partial charge in [-0.1, -0.05) is 22.9 Å². The van der Waals surface area contributed by atoms with E-state index in [0.717, 1.165) is 16.2 Å². The highest BCUT2D eigenvalue weighted by Crippen LogP contribution is 2.34. The van der Waals surface area contributed by atoms with Crippen molar-refractivity contribution in [1.29, 1.82) is 0 Å². The summed E-state index contributed by atoms with van der Waals surface area (Å²) in [6, 6.07) is -1.80. The number of fused-ring (bicyclic) bond motifs is 1. The zero-order chi connectivity index (χ0) is 19.8. The number of hydrogen-bond acceptors (Lipinski definition) is 6. The third kappa shape index (κ3) is 4.04. The summed E-state index contributed by atoms with van der Waals surface area (Å²) in [7, 11) is 2.59. The Labute approximate surface area is 160 Å². The Morgan fingerprint density at radius 3 is 2.81 bits per heavy atom. The Hall–Kier alpha value is -2.24. The molecule has 1 atom stereocenters. The summed E-state index contributed by atoms with van der Waals surface area (Å²) in [5, 5.41) is 6.38. The van der Waals surface area contributed by atoms with E-state index in [4.69, 9.17) is 11.6 Å². The second kappa shape index (κ2) is 7.41. The summed E-state index contributed by atoms with van der Waals surface area (Å²) in [6.07, 6.45) is 1.85. The standard InChI is InChI=1S/C15H14ClF3N6OS/c1-24(2)10(15(17,18)19)7-21-13(26)14-23-11(12(16)27-14)8-5-22-25-4-3-20-6-9(8)25/h3-6,10H,7H2,1-2H3,(H,21,26). The molecule has 0 radical (unpaired) electrons. The average molecular weight is 419 g/mol. The molecule has 1 N–H and O–H groups in total. The van der Waals surface area contributed by atoms with Crippen LogP contribution in [0.2, 0.25) is 4.34 Å². The number of likely N-dealkylation sites (N-methyl/N-ethyl adjacent to an activating group) is 1. The largest absolute Gasteiger partial charge is 0.405 e. The fourth-order valence-corrected chi connectivity index (χ4v) is 3.52. The number of thiazole rings is 1. The van der Waals surface area contributed by atoms with Crippen molar-refractivity contribution in [2.75, 3.05) is 20.6 Å². The van der Waals surface area contributed by atoms with Gasteiger partial charge in [0.2, 0.25) is 0 Å². The third-order valence-corrected chi connectivity index (χ3v) is 5.07. The van der Waals surface area contributed by atoms with Crippen LogP contribution in [0.15, 0.2) is 24.8 Å². The van der Waals surface area contributed by atoms with Crippen LogP contribution in [0.25, 0.3) is 16.8 Å². The number of rotatable bonds is 5. The van der Waals surface area contributed by atoms with E-state index < -0.39 is 24.7 Å². The lowest BCUT2D eigenvalue weighted by Gasteiger charge is -2.26. The maximum atomic E-state index is 13.0. The molecule has 0 fully saturated rings. The van der Waals surface area contributed by atoms with Crippen molar-refractivity contribution in [3.8, 4) is 11.3 Å². The summed E-state index contributed by atoms with van der Waals surface area (Å²) in [6.45, 7) is -0.595. The van der Waals surface area contributed by atoms with Crippen LogP contribution in [0.3, 0.4) is 0 Å². The van der Waals surface area contributed by atoms with Crippen LogP contribution in [0.4, 0.5) is 13.2 Å². The summed E-state index contributed by atoms with van der Waals surface area (Å²) in [4.78, 5) is 21.4. The Morgan fingerprint density at radius 2 is 2.15 bits per heavy atom. The van der Waals surface area contributed by atoms with E-state index in [0.29, 0.717) is 16.8 Å². The van der Waals surface area contributed by atoms with Crippen LogP contribution in [-0.2, 0) is 0 Å². The first-order valence-electron chi connectivity index (χ1n) is 7.64. The van der Waals surface area contributed by atoms with E-state index in [1.807, 2.05) is 0 Å². The van der Waals surface area contributed by atoms with Gasteiger partial charge in [-0.3, -0.25) is 14.7 Å². The molecule has 1 amide bonds. The molecule has 0 aliphatic rings. The zero-order valence-electron chi connectivity index (χ0n) is 14.2. The SMILES string of the molecule is CN(C)C(CNC(=O)c1nc(-c2cnn3ccncc23)c(Cl)s1)C(F)(F)F. The van der Waals surface area contributed by atoms with Gasteiger partial charge in [0, 0.05) is 18.9 Å². The molecule has 144 valence electrons. The maximum absolute atomic E-state index is 13.0. The lowest BCUT2D eigenvalue weighted by Crippen LogP contribution is -2.49. The van der Waals surface area contributed by atoms with Gasteiger partial charge in [0.05, 0.1) is 23.5 Å². The first-order chi connectivity index (χ1) is 12.7. The molecule has 0 bridgehead atoms. The number of halogens is 4. The minimum absolute atomic E-state index is 0.0297. The topological polar surface area (TPSA) is 75.4 Å². The molecule has 3 heterocycles. The van der Waals surface area contributed by atoms with Gasteiger partial charge in [0.25, 0.3) is 5.91 Å². The fourth-order valence-electron chi connectivity index (χ4n) is 2.44. The summed E-state index contributed by atoms with van der Waals surface area (Å²) in [5.41, 5.74) is 1.54. The lowest BCUT2D eigenvalue weighted by molar-refractivity contribution is -0.175. The minimum Gasteiger partial charge on any atom is -0.348 e. The molecular weight excluding hydrogens is 405 g/mol. The van der Waals surface area contributed by atoms with Gasteiger partial charge in [-0.25, -0.2) is 9.50 Å². The van der Waals surface area contributed by atoms with Crippen LogP contribution < -0.4 is 5.32 Å². The number of aromatic nitrogens is 4. The molecular formula is C15H14ClF3N6OS. The molecule has 1 unspecified atom stereocenters. The summed E-state index contributed by atoms with van der Waals surface area (Å²) >= 11 is 7.08. The molecule has 7 nitrogen and oxygen atoms in total. The Kier molecular flexibility index (Phi) is 5.36. The Balaban J connectivity index is 1.81. The van der Waals surface area contributed by atoms with E-state index in [-0.39, 0.29) is 9.34 Å². The monoisotopic (exact) mass is 418 g/mol. The molecule has 0 aliphatic heterocycles. The van der Waals surface area contributed by atoms with E-state index in [9.17, 15) is 18.0 Å². The van der Waals surface area contributed by atoms with E-state index >= 15 is 0 Å². The highest BCUT2D eigenvalue weighted by molar-refractivity contribution is 7.18. The summed E-state index contributed by atoms with van der Waals surface area (Å²) < 4.78 is 40.8. The quantitative estimate of drug-likeness (QED) is 0.689. The van der Waals surface area contributed by atoms with Gasteiger partial charge in [-0.05, 0) is 14.1 Å². The van der Waals surface area contributed by atoms with E-state index in [1.165, 1.54) is 20.3 Å². The molecule has 0 saturated carbocycles. The molecule has 0 spiro atoms. The highest BCUT2D eigenvalue weighted by atomic mass is 35.5. The molecule has 3 rings (SSSR count). The van der Waals surface area contributed by atoms with Crippen molar-refractivity contribution < 1.29 is 18.0 Å². The second-order valence-corrected chi connectivity index (χ2v) is 7.44. The van der Waals surface area contributed by atoms with Crippen molar-refractivity contribution in [2.45, 2.75) is 12.2 Å². The van der Waals surface area contributed by atoms with Gasteiger partial charge < -0.3 is 5.32 Å². The number of hydrogen-bond donors (Lipinski definition) is 1. The number of carbonyl (C=O) groups excluding carboxylic acids is 1. The molecule has 12 heteroatoms. The van der Waals surface area contributed by atoms with Gasteiger partial charge in [0.1, 0.15) is 16.1 Å². The van der Waals surface area contributed by atoms with Crippen LogP contribution in [0, 0.1) is 0 Å². The highest BCUT2D eigenvalue weighted by Gasteiger charge is 2.41. The van der Waals surface area contributed by atoms with Crippen LogP contribution >= 0.6 is 22.9 Å². The normalized spacial score (nSPS) is 13.3. The van der Waals surface area contributed by atoms with Crippen LogP contribution in [0.5, 0.6) is 0 Å². The third-order valence-electron chi connectivity index (χ3n) is 3.82. The molecule has 0 aromatic carbocycles. The van der Waals surface area contributed by atoms with Gasteiger partial charge in [0.15, 0.2) is 5.01 Å². The van der Waals surface area contributed by atoms with Crippen molar-refractivity contribution >= 4 is 34.4 Å². The van der Waals surface area contributed by atoms with Crippen LogP contribution in [-0.4, -0.2) is 63.2 Å². The van der Waals surface area contributed by atoms with Crippen molar-refractivity contribution in [3.05, 3.63) is 34.1 Å². The number of amides is 1. The molecule has 3 aromatic rings. The van der Waals surface area contributed by atoms with E-state index in [2.05, 4.69) is 20.4 Å². The molecule has 0 saturated heterocycles. The smallest absolute Gasteiger partial charge is 0.348 e. The first-order valence-corrected chi connectivity index (χ1v) is 8.83. The fraction of sp³-hybridized carbons (Fsp3) is 0.333. The zero-order valence-corrected chi connectivity index (χ0v) is 15.7. The average Bonchev–Trinajstić information content (AvgIpc) is 3.16. The molecule has 0 aliphatic carbocycles. The van der Waals surface area contributed by atoms with Crippen molar-refractivity contribution in [1.82, 2.24) is 29.8 Å². The predicted octanol–water partition coefficient (Wildman–Crippen LogP) is 2.73. The van der Waals surface area contributed by atoms with Crippen molar-refractivity contribution in [2.24, 2.45) is 0 Å². The number of nitrogens with one attached hydrogen (secondary N) is 1. The number of carbonyl (C=O) groups is 1. The summed E-state index contributed by atoms with van der Waals surface area (Å²) in [5.74, 6) is -0.723. The Morgan fingerprint density at radius 1 is 1.41 bits per heavy atom. The second-order valence-electron chi connectivity index (χ2n) is 5.84. The maximum Gasteiger partial charge on any atom is 0.405 e. The first kappa shape index (κ1) is 19.5. The van der Waals surface area contributed by atoms with Gasteiger partial charge in [-0.2, -0.15) is 18.3 Å². The predicted molar refractivity (Wildman–Crippen MR) is 95.0 cm³/mol. The Bertz CT molecular complexity index is 970. The molecule has 3 aromatic heterocycles. The van der Waals surface area contributed by atoms with E-state index in [1.54, 1.807) is 23.1 Å². The van der Waals surface area contributed by atoms with Gasteiger partial charge in [-0.15, -0.1) is 0 Å². The van der Waals surface area contributed by atoms with Crippen LogP contribution in [0.1, 0.15) is 9.80 Å². The molecule has 27 heavy (non-hydrogen) atoms. The lowest BCUT2D eigenvalue weighted by atomic mass is 10.2. The minimum atomic E-state index is -4.47. The number of alkyl halides is 3. The van der Waals surface area contributed by atoms with Crippen molar-refractivity contribution in [3.63, 3.8) is 0 Å². The number of nitrogens with zero attached hydrogens (tertiary/aromatic N) is 5.